The van der Waals surface area contributed by atoms with Gasteiger partial charge in [-0.1, -0.05) is 35.9 Å². The minimum Gasteiger partial charge on any atom is -0.351 e. The van der Waals surface area contributed by atoms with Crippen LogP contribution in [0.1, 0.15) is 10.4 Å². The molecule has 0 bridgehead atoms. The number of nitrogens with zero attached hydrogens (tertiary/aromatic N) is 4. The molecule has 0 unspecified atom stereocenters. The fourth-order valence-corrected chi connectivity index (χ4v) is 4.58. The lowest BCUT2D eigenvalue weighted by atomic mass is 10.1. The molecule has 0 aliphatic carbocycles. The molecular weight excluding hydrogens is 550 g/mol. The van der Waals surface area contributed by atoms with E-state index in [2.05, 4.69) is 20.9 Å². The molecule has 0 aliphatic heterocycles. The van der Waals surface area contributed by atoms with Crippen molar-refractivity contribution in [3.8, 4) is 11.3 Å². The average molecular weight is 580 g/mol. The number of carbonyl (C=O) groups excluding carboxylic acids is 2. The third-order valence-corrected chi connectivity index (χ3v) is 6.73. The standard InChI is InChI=1S/C32H30ClN7O2/c1-39(2)17-6-11-29(41)35-22-14-12-21(13-15-22)31(42)36-23-7-4-8-24(19-23)37-32-34-20-27(33)30(38-32)26-9-5-10-28-25(26)16-18-40(28)3/h4-16,18-20H,17H2,1-3H3,(H,35,41)(H,36,42)(H,34,37,38). The molecule has 0 fully saturated rings. The molecule has 5 aromatic rings. The van der Waals surface area contributed by atoms with Crippen LogP contribution in [-0.2, 0) is 11.8 Å². The number of rotatable bonds is 9. The van der Waals surface area contributed by atoms with Crippen molar-refractivity contribution < 1.29 is 9.59 Å². The number of nitrogens with one attached hydrogen (secondary N) is 3. The molecule has 5 rings (SSSR count). The van der Waals surface area contributed by atoms with Crippen LogP contribution in [0.3, 0.4) is 0 Å². The Bertz CT molecular complexity index is 1780. The van der Waals surface area contributed by atoms with Crippen molar-refractivity contribution in [2.24, 2.45) is 7.05 Å². The van der Waals surface area contributed by atoms with E-state index in [-0.39, 0.29) is 11.8 Å². The van der Waals surface area contributed by atoms with E-state index in [0.29, 0.717) is 45.8 Å². The molecule has 2 amide bonds. The van der Waals surface area contributed by atoms with E-state index in [1.54, 1.807) is 48.7 Å². The maximum absolute atomic E-state index is 12.9. The second-order valence-electron chi connectivity index (χ2n) is 9.95. The third-order valence-electron chi connectivity index (χ3n) is 6.46. The lowest BCUT2D eigenvalue weighted by Crippen LogP contribution is -2.13. The first-order valence-electron chi connectivity index (χ1n) is 13.2. The number of amides is 2. The number of benzene rings is 3. The van der Waals surface area contributed by atoms with E-state index >= 15 is 0 Å². The first-order chi connectivity index (χ1) is 20.3. The fourth-order valence-electron chi connectivity index (χ4n) is 4.39. The maximum atomic E-state index is 12.9. The minimum absolute atomic E-state index is 0.229. The summed E-state index contributed by atoms with van der Waals surface area (Å²) in [6.07, 6.45) is 6.84. The number of carbonyl (C=O) groups is 2. The zero-order valence-corrected chi connectivity index (χ0v) is 24.2. The first kappa shape index (κ1) is 28.5. The summed E-state index contributed by atoms with van der Waals surface area (Å²) in [5, 5.41) is 10.4. The van der Waals surface area contributed by atoms with Crippen molar-refractivity contribution in [1.29, 1.82) is 0 Å². The Morgan fingerprint density at radius 2 is 1.71 bits per heavy atom. The van der Waals surface area contributed by atoms with Gasteiger partial charge >= 0.3 is 0 Å². The maximum Gasteiger partial charge on any atom is 0.255 e. The number of fused-ring (bicyclic) bond motifs is 1. The highest BCUT2D eigenvalue weighted by Crippen LogP contribution is 2.33. The second kappa shape index (κ2) is 12.7. The molecule has 3 aromatic carbocycles. The molecule has 2 aromatic heterocycles. The molecule has 0 saturated heterocycles. The Kier molecular flexibility index (Phi) is 8.61. The summed E-state index contributed by atoms with van der Waals surface area (Å²) in [5.41, 5.74) is 4.96. The third kappa shape index (κ3) is 6.83. The summed E-state index contributed by atoms with van der Waals surface area (Å²) < 4.78 is 2.05. The van der Waals surface area contributed by atoms with E-state index < -0.39 is 0 Å². The monoisotopic (exact) mass is 579 g/mol. The predicted molar refractivity (Wildman–Crippen MR) is 169 cm³/mol. The van der Waals surface area contributed by atoms with Crippen LogP contribution in [0.25, 0.3) is 22.2 Å². The van der Waals surface area contributed by atoms with Gasteiger partial charge in [0.1, 0.15) is 0 Å². The summed E-state index contributed by atoms with van der Waals surface area (Å²) >= 11 is 6.51. The van der Waals surface area contributed by atoms with Crippen LogP contribution in [0.4, 0.5) is 23.0 Å². The molecule has 0 atom stereocenters. The highest BCUT2D eigenvalue weighted by molar-refractivity contribution is 6.33. The summed E-state index contributed by atoms with van der Waals surface area (Å²) in [7, 11) is 5.85. The highest BCUT2D eigenvalue weighted by atomic mass is 35.5. The van der Waals surface area contributed by atoms with Crippen LogP contribution in [0.15, 0.2) is 97.3 Å². The largest absolute Gasteiger partial charge is 0.351 e. The molecule has 0 spiro atoms. The quantitative estimate of drug-likeness (QED) is 0.176. The Balaban J connectivity index is 1.26. The van der Waals surface area contributed by atoms with Gasteiger partial charge in [-0.15, -0.1) is 0 Å². The smallest absolute Gasteiger partial charge is 0.255 e. The van der Waals surface area contributed by atoms with Gasteiger partial charge in [-0.05, 0) is 68.7 Å². The number of hydrogen-bond acceptors (Lipinski definition) is 6. The Morgan fingerprint density at radius 1 is 0.952 bits per heavy atom. The van der Waals surface area contributed by atoms with Gasteiger partial charge in [0.15, 0.2) is 0 Å². The molecule has 2 heterocycles. The van der Waals surface area contributed by atoms with Crippen LogP contribution in [0.5, 0.6) is 0 Å². The Hall–Kier alpha value is -4.99. The fraction of sp³-hybridized carbons (Fsp3) is 0.125. The van der Waals surface area contributed by atoms with Gasteiger partial charge in [-0.2, -0.15) is 0 Å². The number of likely N-dealkylation sites (N-methyl/N-ethyl adjacent to an activating group) is 1. The van der Waals surface area contributed by atoms with Crippen LogP contribution in [0.2, 0.25) is 5.02 Å². The van der Waals surface area contributed by atoms with Crippen molar-refractivity contribution in [3.63, 3.8) is 0 Å². The molecule has 0 saturated carbocycles. The van der Waals surface area contributed by atoms with Gasteiger partial charge in [0.25, 0.3) is 5.91 Å². The molecule has 3 N–H and O–H groups in total. The highest BCUT2D eigenvalue weighted by Gasteiger charge is 2.13. The normalized spacial score (nSPS) is 11.3. The molecule has 42 heavy (non-hydrogen) atoms. The van der Waals surface area contributed by atoms with Gasteiger partial charge in [-0.3, -0.25) is 9.59 Å². The van der Waals surface area contributed by atoms with Gasteiger partial charge in [0, 0.05) is 65.0 Å². The van der Waals surface area contributed by atoms with Crippen molar-refractivity contribution >= 4 is 57.3 Å². The zero-order valence-electron chi connectivity index (χ0n) is 23.4. The average Bonchev–Trinajstić information content (AvgIpc) is 3.35. The van der Waals surface area contributed by atoms with Gasteiger partial charge in [0.05, 0.1) is 16.9 Å². The molecule has 10 heteroatoms. The minimum atomic E-state index is -0.281. The lowest BCUT2D eigenvalue weighted by molar-refractivity contribution is -0.111. The van der Waals surface area contributed by atoms with Crippen molar-refractivity contribution in [2.75, 3.05) is 36.6 Å². The molecule has 0 radical (unpaired) electrons. The van der Waals surface area contributed by atoms with Crippen molar-refractivity contribution in [3.05, 3.63) is 108 Å². The predicted octanol–water partition coefficient (Wildman–Crippen LogP) is 6.34. The van der Waals surface area contributed by atoms with E-state index in [1.165, 1.54) is 6.08 Å². The van der Waals surface area contributed by atoms with E-state index in [9.17, 15) is 9.59 Å². The Labute approximate surface area is 248 Å². The van der Waals surface area contributed by atoms with Gasteiger partial charge in [0.2, 0.25) is 11.9 Å². The molecular formula is C32H30ClN7O2. The summed E-state index contributed by atoms with van der Waals surface area (Å²) in [4.78, 5) is 36.0. The van der Waals surface area contributed by atoms with Crippen LogP contribution in [0, 0.1) is 0 Å². The lowest BCUT2D eigenvalue weighted by Gasteiger charge is -2.11. The molecule has 0 aliphatic rings. The zero-order chi connectivity index (χ0) is 29.6. The SMILES string of the molecule is CN(C)CC=CC(=O)Nc1ccc(C(=O)Nc2cccc(Nc3ncc(Cl)c(-c4cccc5c4ccn5C)n3)c2)cc1. The Morgan fingerprint density at radius 3 is 2.50 bits per heavy atom. The van der Waals surface area contributed by atoms with Crippen molar-refractivity contribution in [2.45, 2.75) is 0 Å². The molecule has 212 valence electrons. The summed E-state index contributed by atoms with van der Waals surface area (Å²) in [6.45, 7) is 0.669. The number of halogens is 1. The topological polar surface area (TPSA) is 104 Å². The summed E-state index contributed by atoms with van der Waals surface area (Å²) in [6, 6.07) is 22.0. The summed E-state index contributed by atoms with van der Waals surface area (Å²) in [5.74, 6) is -0.135. The number of hydrogen-bond donors (Lipinski definition) is 3. The van der Waals surface area contributed by atoms with E-state index in [0.717, 1.165) is 16.5 Å². The number of anilines is 4. The van der Waals surface area contributed by atoms with Crippen LogP contribution in [-0.4, -0.2) is 51.9 Å². The van der Waals surface area contributed by atoms with E-state index in [4.69, 9.17) is 16.6 Å². The van der Waals surface area contributed by atoms with Gasteiger partial charge < -0.3 is 25.4 Å². The van der Waals surface area contributed by atoms with Gasteiger partial charge in [-0.25, -0.2) is 9.97 Å². The van der Waals surface area contributed by atoms with Crippen LogP contribution < -0.4 is 16.0 Å². The molecule has 9 nitrogen and oxygen atoms in total. The van der Waals surface area contributed by atoms with Crippen LogP contribution >= 0.6 is 11.6 Å². The second-order valence-corrected chi connectivity index (χ2v) is 10.4. The van der Waals surface area contributed by atoms with Crippen molar-refractivity contribution in [1.82, 2.24) is 19.4 Å². The number of aromatic nitrogens is 3. The first-order valence-corrected chi connectivity index (χ1v) is 13.6. The number of aryl methyl sites for hydroxylation is 1. The van der Waals surface area contributed by atoms with E-state index in [1.807, 2.05) is 73.2 Å².